The van der Waals surface area contributed by atoms with Gasteiger partial charge in [-0.2, -0.15) is 0 Å². The number of nitrogens with one attached hydrogen (secondary N) is 1. The molecule has 0 radical (unpaired) electrons. The van der Waals surface area contributed by atoms with Crippen molar-refractivity contribution in [3.63, 3.8) is 0 Å². The van der Waals surface area contributed by atoms with E-state index in [1.807, 2.05) is 13.8 Å². The Bertz CT molecular complexity index is 421. The van der Waals surface area contributed by atoms with Crippen molar-refractivity contribution in [2.45, 2.75) is 25.8 Å². The minimum atomic E-state index is -0.343. The molecule has 0 spiro atoms. The van der Waals surface area contributed by atoms with Crippen LogP contribution in [0.15, 0.2) is 22.7 Å². The number of carbonyl (C=O) groups excluding carboxylic acids is 1. The average Bonchev–Trinajstić information content (AvgIpc) is 2.21. The first-order chi connectivity index (χ1) is 7.87. The van der Waals surface area contributed by atoms with Crippen LogP contribution >= 0.6 is 39.1 Å². The van der Waals surface area contributed by atoms with Crippen molar-refractivity contribution in [2.24, 2.45) is 0 Å². The summed E-state index contributed by atoms with van der Waals surface area (Å²) in [6.45, 7) is 3.86. The number of amides is 1. The van der Waals surface area contributed by atoms with Crippen LogP contribution in [0.2, 0.25) is 5.02 Å². The molecule has 1 amide bonds. The first-order valence-corrected chi connectivity index (χ1v) is 6.90. The van der Waals surface area contributed by atoms with Crippen molar-refractivity contribution in [2.75, 3.05) is 5.88 Å². The highest BCUT2D eigenvalue weighted by molar-refractivity contribution is 9.10. The zero-order valence-corrected chi connectivity index (χ0v) is 12.8. The van der Waals surface area contributed by atoms with E-state index in [-0.39, 0.29) is 11.4 Å². The Morgan fingerprint density at radius 2 is 2.12 bits per heavy atom. The molecule has 0 saturated carbocycles. The van der Waals surface area contributed by atoms with Gasteiger partial charge >= 0.3 is 0 Å². The number of carbonyl (C=O) groups is 1. The van der Waals surface area contributed by atoms with Gasteiger partial charge in [-0.25, -0.2) is 0 Å². The molecule has 1 N–H and O–H groups in total. The second-order valence-corrected chi connectivity index (χ2v) is 5.99. The molecule has 0 heterocycles. The van der Waals surface area contributed by atoms with E-state index in [0.717, 1.165) is 0 Å². The largest absolute Gasteiger partial charge is 0.347 e. The van der Waals surface area contributed by atoms with Crippen molar-refractivity contribution < 1.29 is 4.79 Å². The number of hydrogen-bond donors (Lipinski definition) is 1. The molecule has 17 heavy (non-hydrogen) atoms. The smallest absolute Gasteiger partial charge is 0.253 e. The molecule has 1 aromatic rings. The van der Waals surface area contributed by atoms with Gasteiger partial charge in [0.05, 0.1) is 10.6 Å². The van der Waals surface area contributed by atoms with Crippen molar-refractivity contribution >= 4 is 45.0 Å². The molecule has 1 rings (SSSR count). The molecular weight excluding hydrogens is 325 g/mol. The number of benzene rings is 1. The van der Waals surface area contributed by atoms with Gasteiger partial charge in [0.2, 0.25) is 0 Å². The predicted octanol–water partition coefficient (Wildman–Crippen LogP) is 4.24. The van der Waals surface area contributed by atoms with Crippen LogP contribution in [-0.4, -0.2) is 17.3 Å². The van der Waals surface area contributed by atoms with Crippen LogP contribution in [0.1, 0.15) is 30.6 Å². The number of rotatable bonds is 4. The third kappa shape index (κ3) is 4.16. The maximum atomic E-state index is 12.0. The molecule has 0 aliphatic heterocycles. The van der Waals surface area contributed by atoms with Crippen molar-refractivity contribution in [1.82, 2.24) is 5.32 Å². The summed E-state index contributed by atoms with van der Waals surface area (Å²) in [6.07, 6.45) is 0.700. The van der Waals surface area contributed by atoms with Crippen LogP contribution in [0.25, 0.3) is 0 Å². The normalized spacial score (nSPS) is 11.4. The minimum absolute atomic E-state index is 0.189. The highest BCUT2D eigenvalue weighted by Gasteiger charge is 2.22. The van der Waals surface area contributed by atoms with Gasteiger partial charge in [0.15, 0.2) is 0 Å². The lowest BCUT2D eigenvalue weighted by Gasteiger charge is -2.25. The molecule has 0 unspecified atom stereocenters. The van der Waals surface area contributed by atoms with Gasteiger partial charge in [0.25, 0.3) is 5.91 Å². The molecule has 0 aliphatic rings. The number of halogens is 3. The molecular formula is C12H14BrCl2NO. The maximum absolute atomic E-state index is 12.0. The van der Waals surface area contributed by atoms with Gasteiger partial charge in [0, 0.05) is 15.9 Å². The molecule has 0 bridgehead atoms. The van der Waals surface area contributed by atoms with Crippen LogP contribution in [0.3, 0.4) is 0 Å². The van der Waals surface area contributed by atoms with Crippen LogP contribution < -0.4 is 5.32 Å². The Balaban J connectivity index is 2.87. The van der Waals surface area contributed by atoms with Gasteiger partial charge in [-0.05, 0) is 48.3 Å². The monoisotopic (exact) mass is 337 g/mol. The predicted molar refractivity (Wildman–Crippen MR) is 76.0 cm³/mol. The van der Waals surface area contributed by atoms with Crippen LogP contribution in [0.4, 0.5) is 0 Å². The number of hydrogen-bond acceptors (Lipinski definition) is 1. The molecule has 1 aromatic carbocycles. The SMILES string of the molecule is CC(C)(CCCl)NC(=O)c1cccc(Br)c1Cl. The Hall–Kier alpha value is -0.250. The molecule has 94 valence electrons. The van der Waals surface area contributed by atoms with E-state index in [4.69, 9.17) is 23.2 Å². The topological polar surface area (TPSA) is 29.1 Å². The lowest BCUT2D eigenvalue weighted by atomic mass is 10.0. The molecule has 0 atom stereocenters. The fraction of sp³-hybridized carbons (Fsp3) is 0.417. The summed E-state index contributed by atoms with van der Waals surface area (Å²) in [7, 11) is 0. The third-order valence-corrected chi connectivity index (χ3v) is 3.85. The Kier molecular flexibility index (Phi) is 5.29. The van der Waals surface area contributed by atoms with Gasteiger partial charge in [0.1, 0.15) is 0 Å². The van der Waals surface area contributed by atoms with Crippen molar-refractivity contribution in [3.8, 4) is 0 Å². The van der Waals surface area contributed by atoms with Crippen molar-refractivity contribution in [3.05, 3.63) is 33.3 Å². The first-order valence-electron chi connectivity index (χ1n) is 5.20. The average molecular weight is 339 g/mol. The van der Waals surface area contributed by atoms with E-state index in [2.05, 4.69) is 21.2 Å². The summed E-state index contributed by atoms with van der Waals surface area (Å²) in [5, 5.41) is 3.34. The highest BCUT2D eigenvalue weighted by Crippen LogP contribution is 2.26. The van der Waals surface area contributed by atoms with Crippen LogP contribution in [-0.2, 0) is 0 Å². The van der Waals surface area contributed by atoms with Gasteiger partial charge in [-0.1, -0.05) is 17.7 Å². The maximum Gasteiger partial charge on any atom is 0.253 e. The summed E-state index contributed by atoms with van der Waals surface area (Å²) in [6, 6.07) is 5.27. The molecule has 5 heteroatoms. The third-order valence-electron chi connectivity index (χ3n) is 2.37. The van der Waals surface area contributed by atoms with Crippen molar-refractivity contribution in [1.29, 1.82) is 0 Å². The van der Waals surface area contributed by atoms with Gasteiger partial charge in [-0.3, -0.25) is 4.79 Å². The summed E-state index contributed by atoms with van der Waals surface area (Å²) in [5.74, 6) is 0.311. The first kappa shape index (κ1) is 14.8. The van der Waals surface area contributed by atoms with E-state index < -0.39 is 0 Å². The molecule has 0 saturated heterocycles. The molecule has 0 aromatic heterocycles. The second kappa shape index (κ2) is 6.07. The van der Waals surface area contributed by atoms with Gasteiger partial charge in [-0.15, -0.1) is 11.6 Å². The molecule has 2 nitrogen and oxygen atoms in total. The van der Waals surface area contributed by atoms with Crippen LogP contribution in [0.5, 0.6) is 0 Å². The van der Waals surface area contributed by atoms with Crippen LogP contribution in [0, 0.1) is 0 Å². The number of alkyl halides is 1. The summed E-state index contributed by atoms with van der Waals surface area (Å²) in [4.78, 5) is 12.0. The minimum Gasteiger partial charge on any atom is -0.347 e. The fourth-order valence-corrected chi connectivity index (χ4v) is 2.40. The second-order valence-electron chi connectivity index (χ2n) is 4.38. The summed E-state index contributed by atoms with van der Waals surface area (Å²) in [5.41, 5.74) is 0.119. The standard InChI is InChI=1S/C12H14BrCl2NO/c1-12(2,6-7-14)16-11(17)8-4-3-5-9(13)10(8)15/h3-5H,6-7H2,1-2H3,(H,16,17). The summed E-state index contributed by atoms with van der Waals surface area (Å²) < 4.78 is 0.710. The van der Waals surface area contributed by atoms with Gasteiger partial charge < -0.3 is 5.32 Å². The Morgan fingerprint density at radius 1 is 1.47 bits per heavy atom. The molecule has 0 aliphatic carbocycles. The Morgan fingerprint density at radius 3 is 2.71 bits per heavy atom. The summed E-state index contributed by atoms with van der Waals surface area (Å²) >= 11 is 15.0. The lowest BCUT2D eigenvalue weighted by Crippen LogP contribution is -2.43. The fourth-order valence-electron chi connectivity index (χ4n) is 1.35. The zero-order chi connectivity index (χ0) is 13.1. The van der Waals surface area contributed by atoms with E-state index >= 15 is 0 Å². The van der Waals surface area contributed by atoms with E-state index in [0.29, 0.717) is 27.4 Å². The zero-order valence-electron chi connectivity index (χ0n) is 9.69. The van der Waals surface area contributed by atoms with E-state index in [1.54, 1.807) is 18.2 Å². The van der Waals surface area contributed by atoms with E-state index in [1.165, 1.54) is 0 Å². The Labute approximate surface area is 120 Å². The lowest BCUT2D eigenvalue weighted by molar-refractivity contribution is 0.0912. The van der Waals surface area contributed by atoms with E-state index in [9.17, 15) is 4.79 Å². The highest BCUT2D eigenvalue weighted by atomic mass is 79.9. The molecule has 0 fully saturated rings. The quantitative estimate of drug-likeness (QED) is 0.817.